The number of aromatic amines is 1. The normalized spacial score (nSPS) is 11.8. The van der Waals surface area contributed by atoms with Gasteiger partial charge in [-0.15, -0.1) is 0 Å². The van der Waals surface area contributed by atoms with Crippen LogP contribution in [0.25, 0.3) is 10.9 Å². The number of fused-ring (bicyclic) bond motifs is 1. The van der Waals surface area contributed by atoms with Crippen molar-refractivity contribution in [2.45, 2.75) is 5.92 Å². The Balaban J connectivity index is 1.77. The zero-order valence-corrected chi connectivity index (χ0v) is 17.2. The van der Waals surface area contributed by atoms with Crippen LogP contribution in [0, 0.1) is 0 Å². The summed E-state index contributed by atoms with van der Waals surface area (Å²) in [5.74, 6) is 2.37. The molecule has 0 bridgehead atoms. The molecule has 4 aromatic rings. The molecule has 30 heavy (non-hydrogen) atoms. The minimum atomic E-state index is -0.0407. The fourth-order valence-corrected chi connectivity index (χ4v) is 3.69. The standard InChI is InChI=1S/C23H24N4O3/c1-28-20-10-6-8-16(22(20)30-3)18(14-26-23-24-12-11-21(27-23)29-2)17-13-25-19-9-5-4-7-15(17)19/h4-13,18,25H,14H2,1-3H3,(H,24,26,27). The van der Waals surface area contributed by atoms with Gasteiger partial charge in [-0.05, 0) is 17.7 Å². The number of benzene rings is 2. The topological polar surface area (TPSA) is 81.3 Å². The summed E-state index contributed by atoms with van der Waals surface area (Å²) in [5.41, 5.74) is 3.24. The molecule has 2 aromatic carbocycles. The van der Waals surface area contributed by atoms with Crippen molar-refractivity contribution in [3.8, 4) is 17.4 Å². The van der Waals surface area contributed by atoms with Crippen LogP contribution in [0.4, 0.5) is 5.95 Å². The molecular formula is C23H24N4O3. The summed E-state index contributed by atoms with van der Waals surface area (Å²) in [6, 6.07) is 15.9. The van der Waals surface area contributed by atoms with Crippen molar-refractivity contribution in [2.75, 3.05) is 33.2 Å². The number of anilines is 1. The molecule has 0 fully saturated rings. The highest BCUT2D eigenvalue weighted by Gasteiger charge is 2.24. The van der Waals surface area contributed by atoms with Crippen molar-refractivity contribution in [1.82, 2.24) is 15.0 Å². The van der Waals surface area contributed by atoms with Gasteiger partial charge in [0.05, 0.1) is 21.3 Å². The van der Waals surface area contributed by atoms with E-state index in [2.05, 4.69) is 38.5 Å². The average molecular weight is 404 g/mol. The zero-order chi connectivity index (χ0) is 20.9. The Morgan fingerprint density at radius 2 is 1.80 bits per heavy atom. The van der Waals surface area contributed by atoms with Crippen LogP contribution in [0.3, 0.4) is 0 Å². The third-order valence-corrected chi connectivity index (χ3v) is 5.11. The summed E-state index contributed by atoms with van der Waals surface area (Å²) in [6.07, 6.45) is 3.71. The lowest BCUT2D eigenvalue weighted by Crippen LogP contribution is -2.16. The summed E-state index contributed by atoms with van der Waals surface area (Å²) in [5, 5.41) is 4.50. The van der Waals surface area contributed by atoms with E-state index in [1.807, 2.05) is 30.5 Å². The molecule has 7 heteroatoms. The van der Waals surface area contributed by atoms with Crippen LogP contribution in [0.1, 0.15) is 17.0 Å². The molecule has 0 saturated carbocycles. The molecule has 0 saturated heterocycles. The van der Waals surface area contributed by atoms with Crippen molar-refractivity contribution in [3.05, 3.63) is 72.1 Å². The first-order chi connectivity index (χ1) is 14.7. The number of H-pyrrole nitrogens is 1. The number of para-hydroxylation sites is 2. The van der Waals surface area contributed by atoms with E-state index in [4.69, 9.17) is 14.2 Å². The molecule has 0 spiro atoms. The molecule has 0 aliphatic rings. The number of nitrogens with one attached hydrogen (secondary N) is 2. The van der Waals surface area contributed by atoms with Gasteiger partial charge >= 0.3 is 0 Å². The molecule has 1 atom stereocenters. The molecule has 1 unspecified atom stereocenters. The minimum Gasteiger partial charge on any atom is -0.493 e. The van der Waals surface area contributed by atoms with Crippen molar-refractivity contribution in [2.24, 2.45) is 0 Å². The Kier molecular flexibility index (Phi) is 5.70. The maximum atomic E-state index is 5.73. The molecule has 7 nitrogen and oxygen atoms in total. The zero-order valence-electron chi connectivity index (χ0n) is 17.2. The Morgan fingerprint density at radius 1 is 0.933 bits per heavy atom. The second-order valence-corrected chi connectivity index (χ2v) is 6.73. The van der Waals surface area contributed by atoms with E-state index in [1.165, 1.54) is 0 Å². The summed E-state index contributed by atoms with van der Waals surface area (Å²) >= 11 is 0. The van der Waals surface area contributed by atoms with Crippen molar-refractivity contribution in [1.29, 1.82) is 0 Å². The van der Waals surface area contributed by atoms with Gasteiger partial charge in [0, 0.05) is 47.4 Å². The lowest BCUT2D eigenvalue weighted by atomic mass is 9.90. The largest absolute Gasteiger partial charge is 0.493 e. The number of nitrogens with zero attached hydrogens (tertiary/aromatic N) is 2. The Morgan fingerprint density at radius 3 is 2.60 bits per heavy atom. The molecule has 0 aliphatic heterocycles. The molecular weight excluding hydrogens is 380 g/mol. The third kappa shape index (κ3) is 3.74. The van der Waals surface area contributed by atoms with Crippen LogP contribution in [0.15, 0.2) is 60.9 Å². The second kappa shape index (κ2) is 8.73. The van der Waals surface area contributed by atoms with E-state index in [0.29, 0.717) is 29.9 Å². The van der Waals surface area contributed by atoms with Crippen LogP contribution in [-0.4, -0.2) is 42.8 Å². The first kappa shape index (κ1) is 19.6. The first-order valence-electron chi connectivity index (χ1n) is 9.63. The highest BCUT2D eigenvalue weighted by atomic mass is 16.5. The van der Waals surface area contributed by atoms with Gasteiger partial charge in [-0.2, -0.15) is 4.98 Å². The molecule has 154 valence electrons. The van der Waals surface area contributed by atoms with Crippen LogP contribution in [0.2, 0.25) is 0 Å². The molecule has 2 N–H and O–H groups in total. The maximum Gasteiger partial charge on any atom is 0.225 e. The molecule has 4 rings (SSSR count). The number of aromatic nitrogens is 3. The highest BCUT2D eigenvalue weighted by Crippen LogP contribution is 2.40. The first-order valence-corrected chi connectivity index (χ1v) is 9.63. The van der Waals surface area contributed by atoms with E-state index in [0.717, 1.165) is 22.0 Å². The maximum absolute atomic E-state index is 5.73. The minimum absolute atomic E-state index is 0.0407. The van der Waals surface area contributed by atoms with Crippen LogP contribution in [0.5, 0.6) is 17.4 Å². The van der Waals surface area contributed by atoms with E-state index in [9.17, 15) is 0 Å². The van der Waals surface area contributed by atoms with E-state index in [1.54, 1.807) is 33.6 Å². The lowest BCUT2D eigenvalue weighted by Gasteiger charge is -2.22. The average Bonchev–Trinajstić information content (AvgIpc) is 3.23. The van der Waals surface area contributed by atoms with Gasteiger partial charge in [0.15, 0.2) is 11.5 Å². The van der Waals surface area contributed by atoms with Gasteiger partial charge in [-0.25, -0.2) is 4.98 Å². The fourth-order valence-electron chi connectivity index (χ4n) is 3.69. The molecule has 0 radical (unpaired) electrons. The van der Waals surface area contributed by atoms with Gasteiger partial charge in [0.25, 0.3) is 0 Å². The molecule has 2 heterocycles. The quantitative estimate of drug-likeness (QED) is 0.457. The van der Waals surface area contributed by atoms with Crippen molar-refractivity contribution < 1.29 is 14.2 Å². The van der Waals surface area contributed by atoms with Crippen molar-refractivity contribution in [3.63, 3.8) is 0 Å². The molecule has 0 amide bonds. The lowest BCUT2D eigenvalue weighted by molar-refractivity contribution is 0.350. The summed E-state index contributed by atoms with van der Waals surface area (Å²) in [7, 11) is 4.89. The Hall–Kier alpha value is -3.74. The summed E-state index contributed by atoms with van der Waals surface area (Å²) < 4.78 is 16.5. The number of hydrogen-bond acceptors (Lipinski definition) is 6. The second-order valence-electron chi connectivity index (χ2n) is 6.73. The highest BCUT2D eigenvalue weighted by molar-refractivity contribution is 5.84. The van der Waals surface area contributed by atoms with Crippen molar-refractivity contribution >= 4 is 16.9 Å². The number of ether oxygens (including phenoxy) is 3. The van der Waals surface area contributed by atoms with Gasteiger partial charge < -0.3 is 24.5 Å². The van der Waals surface area contributed by atoms with Crippen LogP contribution < -0.4 is 19.5 Å². The summed E-state index contributed by atoms with van der Waals surface area (Å²) in [6.45, 7) is 0.554. The van der Waals surface area contributed by atoms with E-state index in [-0.39, 0.29) is 5.92 Å². The van der Waals surface area contributed by atoms with Gasteiger partial charge in [0.2, 0.25) is 11.8 Å². The van der Waals surface area contributed by atoms with Crippen LogP contribution >= 0.6 is 0 Å². The predicted molar refractivity (Wildman–Crippen MR) is 117 cm³/mol. The monoisotopic (exact) mass is 404 g/mol. The summed E-state index contributed by atoms with van der Waals surface area (Å²) in [4.78, 5) is 12.0. The van der Waals surface area contributed by atoms with E-state index >= 15 is 0 Å². The number of methoxy groups -OCH3 is 3. The van der Waals surface area contributed by atoms with Gasteiger partial charge in [-0.3, -0.25) is 0 Å². The van der Waals surface area contributed by atoms with Crippen LogP contribution in [-0.2, 0) is 0 Å². The fraction of sp³-hybridized carbons (Fsp3) is 0.217. The predicted octanol–water partition coefficient (Wildman–Crippen LogP) is 4.23. The third-order valence-electron chi connectivity index (χ3n) is 5.11. The molecule has 2 aromatic heterocycles. The molecule has 0 aliphatic carbocycles. The SMILES string of the molecule is COc1ccnc(NCC(c2cccc(OC)c2OC)c2c[nH]c3ccccc23)n1. The van der Waals surface area contributed by atoms with E-state index < -0.39 is 0 Å². The Labute approximate surface area is 175 Å². The van der Waals surface area contributed by atoms with Gasteiger partial charge in [-0.1, -0.05) is 30.3 Å². The number of rotatable bonds is 8. The number of hydrogen-bond donors (Lipinski definition) is 2. The van der Waals surface area contributed by atoms with Gasteiger partial charge in [0.1, 0.15) is 0 Å². The Bertz CT molecular complexity index is 1140. The smallest absolute Gasteiger partial charge is 0.225 e.